The van der Waals surface area contributed by atoms with Crippen LogP contribution in [0, 0.1) is 0 Å². The van der Waals surface area contributed by atoms with Gasteiger partial charge in [-0.2, -0.15) is 0 Å². The van der Waals surface area contributed by atoms with E-state index in [9.17, 15) is 4.79 Å². The van der Waals surface area contributed by atoms with Gasteiger partial charge in [0.05, 0.1) is 11.6 Å². The Balaban J connectivity index is 2.87. The first-order valence-corrected chi connectivity index (χ1v) is 7.31. The van der Waals surface area contributed by atoms with Crippen molar-refractivity contribution in [2.75, 3.05) is 27.3 Å². The van der Waals surface area contributed by atoms with Gasteiger partial charge >= 0.3 is 0 Å². The molecule has 0 radical (unpaired) electrons. The molecule has 0 spiro atoms. The molecule has 0 saturated heterocycles. The Hall–Kier alpha value is -1.01. The first-order valence-electron chi connectivity index (χ1n) is 6.55. The topological polar surface area (TPSA) is 59.6 Å². The first kappa shape index (κ1) is 18.0. The molecule has 0 heterocycles. The first-order chi connectivity index (χ1) is 9.99. The number of nitrogens with one attached hydrogen (secondary N) is 2. The smallest absolute Gasteiger partial charge is 0.260 e. The maximum atomic E-state index is 11.6. The average molecular weight is 335 g/mol. The lowest BCUT2D eigenvalue weighted by atomic mass is 10.2. The summed E-state index contributed by atoms with van der Waals surface area (Å²) in [6.07, 6.45) is -0.647. The van der Waals surface area contributed by atoms with Crippen LogP contribution in [0.2, 0.25) is 10.0 Å². The zero-order valence-electron chi connectivity index (χ0n) is 12.3. The second-order valence-electron chi connectivity index (χ2n) is 4.42. The Labute approximate surface area is 134 Å². The van der Waals surface area contributed by atoms with Crippen molar-refractivity contribution in [3.8, 4) is 5.75 Å². The minimum absolute atomic E-state index is 0.223. The molecule has 1 unspecified atom stereocenters. The molecule has 1 aromatic carbocycles. The molecule has 0 saturated carbocycles. The molecule has 0 fully saturated rings. The van der Waals surface area contributed by atoms with Gasteiger partial charge in [0, 0.05) is 37.8 Å². The lowest BCUT2D eigenvalue weighted by molar-refractivity contribution is -0.126. The van der Waals surface area contributed by atoms with Crippen LogP contribution in [0.5, 0.6) is 5.75 Å². The van der Waals surface area contributed by atoms with Crippen LogP contribution in [0.4, 0.5) is 0 Å². The zero-order chi connectivity index (χ0) is 15.8. The number of benzene rings is 1. The summed E-state index contributed by atoms with van der Waals surface area (Å²) in [6.45, 7) is 3.45. The van der Waals surface area contributed by atoms with Crippen molar-refractivity contribution in [1.29, 1.82) is 0 Å². The van der Waals surface area contributed by atoms with Crippen LogP contribution in [-0.4, -0.2) is 39.3 Å². The molecule has 0 bridgehead atoms. The third kappa shape index (κ3) is 5.71. The molecule has 1 atom stereocenters. The number of likely N-dealkylation sites (N-methyl/N-ethyl adjacent to an activating group) is 1. The number of carbonyl (C=O) groups excluding carboxylic acids is 1. The molecule has 118 valence electrons. The summed E-state index contributed by atoms with van der Waals surface area (Å²) in [7, 11) is 3.19. The van der Waals surface area contributed by atoms with E-state index in [-0.39, 0.29) is 5.91 Å². The largest absolute Gasteiger partial charge is 0.479 e. The maximum Gasteiger partial charge on any atom is 0.260 e. The van der Waals surface area contributed by atoms with Crippen LogP contribution in [0.15, 0.2) is 12.1 Å². The molecule has 5 nitrogen and oxygen atoms in total. The predicted octanol–water partition coefficient (Wildman–Crippen LogP) is 2.24. The minimum Gasteiger partial charge on any atom is -0.479 e. The van der Waals surface area contributed by atoms with Crippen molar-refractivity contribution in [1.82, 2.24) is 10.6 Å². The fourth-order valence-corrected chi connectivity index (χ4v) is 2.29. The molecule has 0 aliphatic carbocycles. The molecule has 21 heavy (non-hydrogen) atoms. The quantitative estimate of drug-likeness (QED) is 0.716. The van der Waals surface area contributed by atoms with Gasteiger partial charge in [0.1, 0.15) is 5.75 Å². The number of hydrogen-bond acceptors (Lipinski definition) is 4. The molecule has 0 aliphatic heterocycles. The highest BCUT2D eigenvalue weighted by Crippen LogP contribution is 2.33. The Bertz CT molecular complexity index is 484. The van der Waals surface area contributed by atoms with Crippen molar-refractivity contribution in [2.24, 2.45) is 0 Å². The van der Waals surface area contributed by atoms with Crippen LogP contribution in [0.25, 0.3) is 0 Å². The molecule has 0 aromatic heterocycles. The molecule has 0 aliphatic rings. The highest BCUT2D eigenvalue weighted by molar-refractivity contribution is 6.35. The van der Waals surface area contributed by atoms with Crippen LogP contribution < -0.4 is 15.4 Å². The molecule has 1 aromatic rings. The van der Waals surface area contributed by atoms with E-state index in [0.29, 0.717) is 35.5 Å². The number of halogens is 2. The Morgan fingerprint density at radius 3 is 2.71 bits per heavy atom. The van der Waals surface area contributed by atoms with Crippen LogP contribution in [0.3, 0.4) is 0 Å². The van der Waals surface area contributed by atoms with Gasteiger partial charge in [0.25, 0.3) is 5.91 Å². The summed E-state index contributed by atoms with van der Waals surface area (Å²) in [5.74, 6) is 0.237. The van der Waals surface area contributed by atoms with Gasteiger partial charge in [-0.05, 0) is 19.1 Å². The number of ether oxygens (including phenoxy) is 2. The monoisotopic (exact) mass is 334 g/mol. The number of hydrogen-bond donors (Lipinski definition) is 2. The highest BCUT2D eigenvalue weighted by atomic mass is 35.5. The van der Waals surface area contributed by atoms with Crippen LogP contribution >= 0.6 is 23.2 Å². The van der Waals surface area contributed by atoms with E-state index in [4.69, 9.17) is 32.7 Å². The Morgan fingerprint density at radius 2 is 2.10 bits per heavy atom. The minimum atomic E-state index is -0.647. The van der Waals surface area contributed by atoms with E-state index in [1.807, 2.05) is 0 Å². The summed E-state index contributed by atoms with van der Waals surface area (Å²) in [5.41, 5.74) is 0.791. The summed E-state index contributed by atoms with van der Waals surface area (Å²) < 4.78 is 10.6. The molecule has 7 heteroatoms. The Kier molecular flexibility index (Phi) is 7.82. The lowest BCUT2D eigenvalue weighted by Gasteiger charge is -2.18. The third-order valence-electron chi connectivity index (χ3n) is 2.79. The van der Waals surface area contributed by atoms with Gasteiger partial charge in [-0.15, -0.1) is 0 Å². The van der Waals surface area contributed by atoms with Gasteiger partial charge in [-0.25, -0.2) is 0 Å². The average Bonchev–Trinajstić information content (AvgIpc) is 2.45. The Morgan fingerprint density at radius 1 is 1.38 bits per heavy atom. The normalized spacial score (nSPS) is 12.0. The number of carbonyl (C=O) groups is 1. The summed E-state index contributed by atoms with van der Waals surface area (Å²) in [4.78, 5) is 11.6. The van der Waals surface area contributed by atoms with Crippen molar-refractivity contribution in [2.45, 2.75) is 19.6 Å². The fourth-order valence-electron chi connectivity index (χ4n) is 1.71. The van der Waals surface area contributed by atoms with Crippen molar-refractivity contribution in [3.05, 3.63) is 27.7 Å². The van der Waals surface area contributed by atoms with Gasteiger partial charge in [0.2, 0.25) is 0 Å². The van der Waals surface area contributed by atoms with Gasteiger partial charge in [-0.1, -0.05) is 23.2 Å². The SMILES string of the molecule is CNC(=O)C(C)Oc1c(Cl)cc(Cl)cc1CNCCOC. The van der Waals surface area contributed by atoms with Crippen molar-refractivity contribution in [3.63, 3.8) is 0 Å². The van der Waals surface area contributed by atoms with E-state index in [2.05, 4.69) is 10.6 Å². The van der Waals surface area contributed by atoms with E-state index < -0.39 is 6.10 Å². The molecular weight excluding hydrogens is 315 g/mol. The van der Waals surface area contributed by atoms with E-state index in [1.165, 1.54) is 0 Å². The summed E-state index contributed by atoms with van der Waals surface area (Å²) in [5, 5.41) is 6.61. The van der Waals surface area contributed by atoms with Crippen molar-refractivity contribution < 1.29 is 14.3 Å². The van der Waals surface area contributed by atoms with Crippen molar-refractivity contribution >= 4 is 29.1 Å². The van der Waals surface area contributed by atoms with E-state index >= 15 is 0 Å². The molecule has 2 N–H and O–H groups in total. The maximum absolute atomic E-state index is 11.6. The number of rotatable bonds is 8. The van der Waals surface area contributed by atoms with Crippen LogP contribution in [0.1, 0.15) is 12.5 Å². The van der Waals surface area contributed by atoms with Gasteiger partial charge in [0.15, 0.2) is 6.10 Å². The number of amides is 1. The summed E-state index contributed by atoms with van der Waals surface area (Å²) >= 11 is 12.2. The molecular formula is C14H20Cl2N2O3. The fraction of sp³-hybridized carbons (Fsp3) is 0.500. The van der Waals surface area contributed by atoms with Crippen LogP contribution in [-0.2, 0) is 16.1 Å². The predicted molar refractivity (Wildman–Crippen MR) is 84.2 cm³/mol. The number of methoxy groups -OCH3 is 1. The van der Waals surface area contributed by atoms with Gasteiger partial charge in [-0.3, -0.25) is 4.79 Å². The molecule has 1 rings (SSSR count). The lowest BCUT2D eigenvalue weighted by Crippen LogP contribution is -2.34. The highest BCUT2D eigenvalue weighted by Gasteiger charge is 2.18. The van der Waals surface area contributed by atoms with Gasteiger partial charge < -0.3 is 20.1 Å². The summed E-state index contributed by atoms with van der Waals surface area (Å²) in [6, 6.07) is 3.35. The third-order valence-corrected chi connectivity index (χ3v) is 3.29. The standard InChI is InChI=1S/C14H20Cl2N2O3/c1-9(14(19)17-2)21-13-10(8-18-4-5-20-3)6-11(15)7-12(13)16/h6-7,9,18H,4-5,8H2,1-3H3,(H,17,19). The van der Waals surface area contributed by atoms with E-state index in [1.54, 1.807) is 33.2 Å². The van der Waals surface area contributed by atoms with E-state index in [0.717, 1.165) is 5.56 Å². The second kappa shape index (κ2) is 9.10. The zero-order valence-corrected chi connectivity index (χ0v) is 13.8. The second-order valence-corrected chi connectivity index (χ2v) is 5.26. The molecule has 1 amide bonds.